The Morgan fingerprint density at radius 2 is 2.00 bits per heavy atom. The monoisotopic (exact) mass is 426 g/mol. The number of nitrogens with zero attached hydrogens (tertiary/aromatic N) is 5. The minimum atomic E-state index is -0.233. The average molecular weight is 427 g/mol. The van der Waals surface area contributed by atoms with E-state index in [-0.39, 0.29) is 17.8 Å². The van der Waals surface area contributed by atoms with Crippen molar-refractivity contribution in [3.05, 3.63) is 52.4 Å². The van der Waals surface area contributed by atoms with E-state index < -0.39 is 0 Å². The van der Waals surface area contributed by atoms with Crippen LogP contribution < -0.4 is 10.4 Å². The van der Waals surface area contributed by atoms with Gasteiger partial charge in [0.2, 0.25) is 5.82 Å². The lowest BCUT2D eigenvalue weighted by molar-refractivity contribution is 0.0944. The molecule has 1 N–H and O–H groups in total. The zero-order chi connectivity index (χ0) is 21.5. The van der Waals surface area contributed by atoms with Crippen molar-refractivity contribution in [2.24, 2.45) is 0 Å². The number of nitrogens with one attached hydrogen (secondary N) is 1. The molecular formula is C22H27ClN6O. The quantitative estimate of drug-likeness (QED) is 0.643. The maximum atomic E-state index is 13.0. The molecule has 3 rings (SSSR count). The summed E-state index contributed by atoms with van der Waals surface area (Å²) in [5, 5.41) is 11.2. The predicted molar refractivity (Wildman–Crippen MR) is 117 cm³/mol. The van der Waals surface area contributed by atoms with E-state index in [9.17, 15) is 4.79 Å². The van der Waals surface area contributed by atoms with Gasteiger partial charge in [0.25, 0.3) is 5.91 Å². The van der Waals surface area contributed by atoms with Gasteiger partial charge in [-0.15, -0.1) is 0 Å². The van der Waals surface area contributed by atoms with Gasteiger partial charge in [-0.05, 0) is 50.6 Å². The number of hydrogen-bond acceptors (Lipinski definition) is 6. The van der Waals surface area contributed by atoms with Gasteiger partial charge in [-0.3, -0.25) is 15.2 Å². The number of aromatic nitrogens is 2. The molecule has 1 aromatic heterocycles. The Balaban J connectivity index is 1.78. The van der Waals surface area contributed by atoms with Crippen molar-refractivity contribution in [1.29, 1.82) is 5.26 Å². The fourth-order valence-corrected chi connectivity index (χ4v) is 3.95. The van der Waals surface area contributed by atoms with E-state index in [4.69, 9.17) is 16.9 Å². The van der Waals surface area contributed by atoms with Gasteiger partial charge in [0.1, 0.15) is 11.1 Å². The zero-order valence-corrected chi connectivity index (χ0v) is 18.2. The number of rotatable bonds is 8. The minimum Gasteiger partial charge on any atom is -0.302 e. The van der Waals surface area contributed by atoms with Crippen LogP contribution in [-0.4, -0.2) is 40.4 Å². The summed E-state index contributed by atoms with van der Waals surface area (Å²) in [4.78, 5) is 23.4. The molecule has 158 valence electrons. The second-order valence-electron chi connectivity index (χ2n) is 7.66. The molecule has 0 atom stereocenters. The highest BCUT2D eigenvalue weighted by Crippen LogP contribution is 2.30. The molecule has 0 radical (unpaired) electrons. The molecule has 8 heteroatoms. The molecule has 0 spiro atoms. The van der Waals surface area contributed by atoms with Crippen molar-refractivity contribution in [2.75, 3.05) is 18.6 Å². The second-order valence-corrected chi connectivity index (χ2v) is 8.07. The van der Waals surface area contributed by atoms with Crippen LogP contribution in [0.4, 0.5) is 5.82 Å². The van der Waals surface area contributed by atoms with E-state index in [0.29, 0.717) is 16.4 Å². The van der Waals surface area contributed by atoms with Crippen molar-refractivity contribution < 1.29 is 4.79 Å². The SMILES string of the molecule is CCCN(C)Cc1ccc(C(=O)NN(c2nc(C#N)ncc2Cl)C2CCCC2)cc1. The molecule has 30 heavy (non-hydrogen) atoms. The third-order valence-corrected chi connectivity index (χ3v) is 5.51. The molecule has 2 aromatic rings. The van der Waals surface area contributed by atoms with Gasteiger partial charge in [0.15, 0.2) is 5.82 Å². The third kappa shape index (κ3) is 5.47. The number of benzene rings is 1. The molecule has 1 saturated carbocycles. The number of amides is 1. The van der Waals surface area contributed by atoms with Crippen LogP contribution in [0.2, 0.25) is 5.02 Å². The molecule has 0 bridgehead atoms. The Bertz CT molecular complexity index is 905. The molecule has 1 heterocycles. The molecule has 1 amide bonds. The number of anilines is 1. The lowest BCUT2D eigenvalue weighted by Gasteiger charge is -2.30. The summed E-state index contributed by atoms with van der Waals surface area (Å²) < 4.78 is 0. The van der Waals surface area contributed by atoms with Gasteiger partial charge >= 0.3 is 0 Å². The first-order valence-electron chi connectivity index (χ1n) is 10.3. The van der Waals surface area contributed by atoms with Crippen LogP contribution in [0.25, 0.3) is 0 Å². The highest BCUT2D eigenvalue weighted by Gasteiger charge is 2.28. The maximum absolute atomic E-state index is 13.0. The van der Waals surface area contributed by atoms with Crippen LogP contribution in [-0.2, 0) is 6.54 Å². The third-order valence-electron chi connectivity index (χ3n) is 5.24. The molecular weight excluding hydrogens is 400 g/mol. The van der Waals surface area contributed by atoms with Gasteiger partial charge in [-0.2, -0.15) is 10.2 Å². The molecule has 7 nitrogen and oxygen atoms in total. The number of hydrazine groups is 1. The highest BCUT2D eigenvalue weighted by atomic mass is 35.5. The topological polar surface area (TPSA) is 85.2 Å². The number of halogens is 1. The van der Waals surface area contributed by atoms with Crippen molar-refractivity contribution in [2.45, 2.75) is 51.6 Å². The van der Waals surface area contributed by atoms with Crippen LogP contribution in [0.3, 0.4) is 0 Å². The summed E-state index contributed by atoms with van der Waals surface area (Å²) in [6.07, 6.45) is 6.50. The largest absolute Gasteiger partial charge is 0.302 e. The Labute approximate surface area is 182 Å². The summed E-state index contributed by atoms with van der Waals surface area (Å²) in [5.41, 5.74) is 4.68. The fraction of sp³-hybridized carbons (Fsp3) is 0.455. The van der Waals surface area contributed by atoms with Crippen LogP contribution in [0, 0.1) is 11.3 Å². The molecule has 1 aliphatic rings. The second kappa shape index (κ2) is 10.4. The molecule has 1 fully saturated rings. The Kier molecular flexibility index (Phi) is 7.61. The van der Waals surface area contributed by atoms with Crippen molar-refractivity contribution in [3.8, 4) is 6.07 Å². The lowest BCUT2D eigenvalue weighted by Crippen LogP contribution is -2.48. The first-order chi connectivity index (χ1) is 14.5. The van der Waals surface area contributed by atoms with Crippen LogP contribution in [0.15, 0.2) is 30.5 Å². The first kappa shape index (κ1) is 22.0. The Morgan fingerprint density at radius 3 is 2.63 bits per heavy atom. The zero-order valence-electron chi connectivity index (χ0n) is 17.4. The van der Waals surface area contributed by atoms with Crippen LogP contribution in [0.1, 0.15) is 60.8 Å². The van der Waals surface area contributed by atoms with E-state index in [2.05, 4.69) is 34.3 Å². The molecule has 1 aliphatic carbocycles. The number of hydrogen-bond donors (Lipinski definition) is 1. The van der Waals surface area contributed by atoms with Crippen molar-refractivity contribution >= 4 is 23.3 Å². The molecule has 1 aromatic carbocycles. The van der Waals surface area contributed by atoms with Gasteiger partial charge in [-0.1, -0.05) is 43.5 Å². The van der Waals surface area contributed by atoms with Crippen LogP contribution >= 0.6 is 11.6 Å². The number of nitriles is 1. The summed E-state index contributed by atoms with van der Waals surface area (Å²) in [6, 6.07) is 9.63. The fourth-order valence-electron chi connectivity index (χ4n) is 3.77. The summed E-state index contributed by atoms with van der Waals surface area (Å²) >= 11 is 6.32. The van der Waals surface area contributed by atoms with E-state index in [1.54, 1.807) is 5.01 Å². The van der Waals surface area contributed by atoms with Crippen molar-refractivity contribution in [1.82, 2.24) is 20.3 Å². The molecule has 0 aliphatic heterocycles. The van der Waals surface area contributed by atoms with Gasteiger partial charge < -0.3 is 4.90 Å². The lowest BCUT2D eigenvalue weighted by atomic mass is 10.1. The smallest absolute Gasteiger partial charge is 0.269 e. The van der Waals surface area contributed by atoms with Crippen molar-refractivity contribution in [3.63, 3.8) is 0 Å². The van der Waals surface area contributed by atoms with E-state index in [0.717, 1.165) is 50.8 Å². The minimum absolute atomic E-state index is 0.0206. The summed E-state index contributed by atoms with van der Waals surface area (Å²) in [5.74, 6) is 0.150. The highest BCUT2D eigenvalue weighted by molar-refractivity contribution is 6.32. The van der Waals surface area contributed by atoms with E-state index >= 15 is 0 Å². The van der Waals surface area contributed by atoms with Gasteiger partial charge in [0.05, 0.1) is 12.2 Å². The predicted octanol–water partition coefficient (Wildman–Crippen LogP) is 3.94. The maximum Gasteiger partial charge on any atom is 0.269 e. The molecule has 0 saturated heterocycles. The van der Waals surface area contributed by atoms with Gasteiger partial charge in [-0.25, -0.2) is 4.98 Å². The summed E-state index contributed by atoms with van der Waals surface area (Å²) in [6.45, 7) is 4.03. The van der Waals surface area contributed by atoms with Crippen LogP contribution in [0.5, 0.6) is 0 Å². The Hall–Kier alpha value is -2.69. The normalized spacial score (nSPS) is 14.0. The number of carbonyl (C=O) groups is 1. The average Bonchev–Trinajstić information content (AvgIpc) is 3.28. The van der Waals surface area contributed by atoms with E-state index in [1.165, 1.54) is 6.20 Å². The summed E-state index contributed by atoms with van der Waals surface area (Å²) in [7, 11) is 2.09. The standard InChI is InChI=1S/C22H27ClN6O/c1-3-12-28(2)15-16-8-10-17(11-9-16)22(30)27-29(18-6-4-5-7-18)21-19(23)14-25-20(13-24)26-21/h8-11,14,18H,3-7,12,15H2,1-2H3,(H,27,30). The number of carbonyl (C=O) groups excluding carboxylic acids is 1. The first-order valence-corrected chi connectivity index (χ1v) is 10.7. The van der Waals surface area contributed by atoms with Gasteiger partial charge in [0, 0.05) is 12.1 Å². The molecule has 0 unspecified atom stereocenters. The van der Waals surface area contributed by atoms with E-state index in [1.807, 2.05) is 30.3 Å². The Morgan fingerprint density at radius 1 is 1.30 bits per heavy atom.